The normalized spacial score (nSPS) is 15.2. The highest BCUT2D eigenvalue weighted by molar-refractivity contribution is 5.87. The Morgan fingerprint density at radius 3 is 2.52 bits per heavy atom. The third kappa shape index (κ3) is 3.59. The summed E-state index contributed by atoms with van der Waals surface area (Å²) in [6.07, 6.45) is -0.829. The van der Waals surface area contributed by atoms with Gasteiger partial charge >= 0.3 is 6.09 Å². The largest absolute Gasteiger partial charge is 0.410 e. The molecule has 0 radical (unpaired) electrons. The Kier molecular flexibility index (Phi) is 4.68. The van der Waals surface area contributed by atoms with E-state index in [0.717, 1.165) is 44.2 Å². The summed E-state index contributed by atoms with van der Waals surface area (Å²) in [7, 11) is 1.98. The quantitative estimate of drug-likeness (QED) is 0.768. The number of imidazole rings is 1. The van der Waals surface area contributed by atoms with E-state index in [1.807, 2.05) is 29.8 Å². The van der Waals surface area contributed by atoms with Crippen molar-refractivity contribution in [3.63, 3.8) is 0 Å². The molecule has 0 atom stereocenters. The number of aromatic nitrogens is 2. The van der Waals surface area contributed by atoms with E-state index in [1.54, 1.807) is 6.07 Å². The third-order valence-corrected chi connectivity index (χ3v) is 4.97. The molecule has 3 aromatic rings. The monoisotopic (exact) mass is 365 g/mol. The Morgan fingerprint density at radius 1 is 1.07 bits per heavy atom. The highest BCUT2D eigenvalue weighted by Gasteiger charge is 2.22. The molecule has 2 heterocycles. The number of primary amides is 1. The van der Waals surface area contributed by atoms with Gasteiger partial charge in [0, 0.05) is 39.8 Å². The van der Waals surface area contributed by atoms with Crippen molar-refractivity contribution in [2.45, 2.75) is 6.54 Å². The molecule has 1 saturated heterocycles. The van der Waals surface area contributed by atoms with Gasteiger partial charge in [-0.1, -0.05) is 36.4 Å². The molecule has 1 aliphatic rings. The van der Waals surface area contributed by atoms with Gasteiger partial charge in [0.15, 0.2) is 5.75 Å². The minimum Gasteiger partial charge on any atom is -0.408 e. The zero-order chi connectivity index (χ0) is 18.8. The van der Waals surface area contributed by atoms with Crippen molar-refractivity contribution < 1.29 is 9.53 Å². The van der Waals surface area contributed by atoms with Crippen molar-refractivity contribution in [1.29, 1.82) is 0 Å². The lowest BCUT2D eigenvalue weighted by Gasteiger charge is -2.35. The smallest absolute Gasteiger partial charge is 0.408 e. The molecule has 140 valence electrons. The van der Waals surface area contributed by atoms with E-state index >= 15 is 0 Å². The molecule has 0 spiro atoms. The molecule has 4 rings (SSSR count). The lowest BCUT2D eigenvalue weighted by atomic mass is 10.2. The van der Waals surface area contributed by atoms with Gasteiger partial charge in [0.05, 0.1) is 5.52 Å². The number of amides is 1. The number of benzene rings is 2. The van der Waals surface area contributed by atoms with Crippen molar-refractivity contribution in [2.24, 2.45) is 12.8 Å². The molecule has 2 N–H and O–H groups in total. The molecule has 1 fully saturated rings. The fourth-order valence-corrected chi connectivity index (χ4v) is 3.60. The number of ether oxygens (including phenoxy) is 1. The van der Waals surface area contributed by atoms with Crippen LogP contribution in [0.4, 0.5) is 10.7 Å². The summed E-state index contributed by atoms with van der Waals surface area (Å²) in [6, 6.07) is 16.0. The molecule has 7 nitrogen and oxygen atoms in total. The van der Waals surface area contributed by atoms with E-state index in [-0.39, 0.29) is 0 Å². The summed E-state index contributed by atoms with van der Waals surface area (Å²) in [5.74, 6) is 1.27. The molecule has 0 unspecified atom stereocenters. The first kappa shape index (κ1) is 17.4. The Balaban J connectivity index is 1.50. The molecule has 2 aromatic carbocycles. The fourth-order valence-electron chi connectivity index (χ4n) is 3.60. The maximum absolute atomic E-state index is 11.1. The first-order valence-electron chi connectivity index (χ1n) is 9.06. The molecule has 1 aromatic heterocycles. The van der Waals surface area contributed by atoms with Crippen LogP contribution in [0, 0.1) is 0 Å². The van der Waals surface area contributed by atoms with Crippen molar-refractivity contribution >= 4 is 23.1 Å². The second-order valence-corrected chi connectivity index (χ2v) is 6.76. The molecule has 0 bridgehead atoms. The van der Waals surface area contributed by atoms with Crippen LogP contribution in [0.1, 0.15) is 5.56 Å². The number of nitrogens with two attached hydrogens (primary N) is 1. The van der Waals surface area contributed by atoms with E-state index in [9.17, 15) is 4.79 Å². The maximum atomic E-state index is 11.1. The van der Waals surface area contributed by atoms with Crippen LogP contribution in [-0.2, 0) is 13.6 Å². The first-order valence-corrected chi connectivity index (χ1v) is 9.06. The number of fused-ring (bicyclic) bond motifs is 1. The van der Waals surface area contributed by atoms with Gasteiger partial charge in [-0.2, -0.15) is 0 Å². The van der Waals surface area contributed by atoms with Crippen LogP contribution in [0.3, 0.4) is 0 Å². The predicted molar refractivity (Wildman–Crippen MR) is 105 cm³/mol. The van der Waals surface area contributed by atoms with Crippen molar-refractivity contribution in [2.75, 3.05) is 31.1 Å². The predicted octanol–water partition coefficient (Wildman–Crippen LogP) is 2.35. The van der Waals surface area contributed by atoms with E-state index < -0.39 is 6.09 Å². The zero-order valence-corrected chi connectivity index (χ0v) is 15.3. The number of carbonyl (C=O) groups is 1. The number of aryl methyl sites for hydroxylation is 1. The molecule has 0 aliphatic carbocycles. The summed E-state index contributed by atoms with van der Waals surface area (Å²) in [4.78, 5) is 20.6. The van der Waals surface area contributed by atoms with E-state index in [4.69, 9.17) is 15.5 Å². The van der Waals surface area contributed by atoms with Gasteiger partial charge in [-0.3, -0.25) is 4.90 Å². The second-order valence-electron chi connectivity index (χ2n) is 6.76. The van der Waals surface area contributed by atoms with Gasteiger partial charge in [0.2, 0.25) is 5.95 Å². The number of carbonyl (C=O) groups excluding carboxylic acids is 1. The van der Waals surface area contributed by atoms with Crippen molar-refractivity contribution in [3.8, 4) is 5.75 Å². The molecule has 1 aliphatic heterocycles. The number of rotatable bonds is 4. The molecule has 27 heavy (non-hydrogen) atoms. The SMILES string of the molecule is Cn1c(N2CCN(Cc3ccccc3)CC2)nc2c(OC(N)=O)cccc21. The Morgan fingerprint density at radius 2 is 1.81 bits per heavy atom. The summed E-state index contributed by atoms with van der Waals surface area (Å²) in [5, 5.41) is 0. The standard InChI is InChI=1S/C20H23N5O2/c1-23-16-8-5-9-17(27-19(21)26)18(16)22-20(23)25-12-10-24(11-13-25)14-15-6-3-2-4-7-15/h2-9H,10-14H2,1H3,(H2,21,26). The van der Waals surface area contributed by atoms with Crippen LogP contribution < -0.4 is 15.4 Å². The Hall–Kier alpha value is -3.06. The molecule has 7 heteroatoms. The summed E-state index contributed by atoms with van der Waals surface area (Å²) in [5.41, 5.74) is 8.07. The minimum absolute atomic E-state index is 0.393. The van der Waals surface area contributed by atoms with E-state index in [1.165, 1.54) is 5.56 Å². The summed E-state index contributed by atoms with van der Waals surface area (Å²) < 4.78 is 7.14. The number of para-hydroxylation sites is 1. The number of hydrogen-bond acceptors (Lipinski definition) is 5. The zero-order valence-electron chi connectivity index (χ0n) is 15.3. The minimum atomic E-state index is -0.829. The van der Waals surface area contributed by atoms with E-state index in [0.29, 0.717) is 11.3 Å². The van der Waals surface area contributed by atoms with Crippen LogP contribution >= 0.6 is 0 Å². The van der Waals surface area contributed by atoms with Gasteiger partial charge in [0.25, 0.3) is 0 Å². The average molecular weight is 365 g/mol. The molecular formula is C20H23N5O2. The third-order valence-electron chi connectivity index (χ3n) is 4.97. The van der Waals surface area contributed by atoms with E-state index in [2.05, 4.69) is 34.1 Å². The van der Waals surface area contributed by atoms with Gasteiger partial charge in [-0.25, -0.2) is 9.78 Å². The highest BCUT2D eigenvalue weighted by atomic mass is 16.5. The van der Waals surface area contributed by atoms with Crippen LogP contribution in [0.25, 0.3) is 11.0 Å². The van der Waals surface area contributed by atoms with Gasteiger partial charge in [-0.05, 0) is 17.7 Å². The molecule has 1 amide bonds. The van der Waals surface area contributed by atoms with Crippen LogP contribution in [0.2, 0.25) is 0 Å². The Bertz CT molecular complexity index is 946. The maximum Gasteiger partial charge on any atom is 0.410 e. The van der Waals surface area contributed by atoms with Crippen molar-refractivity contribution in [3.05, 3.63) is 54.1 Å². The first-order chi connectivity index (χ1) is 13.1. The lowest BCUT2D eigenvalue weighted by molar-refractivity contribution is 0.211. The summed E-state index contributed by atoms with van der Waals surface area (Å²) in [6.45, 7) is 4.71. The van der Waals surface area contributed by atoms with Gasteiger partial charge in [-0.15, -0.1) is 0 Å². The molecule has 0 saturated carbocycles. The lowest BCUT2D eigenvalue weighted by Crippen LogP contribution is -2.46. The van der Waals surface area contributed by atoms with Gasteiger partial charge in [0.1, 0.15) is 5.52 Å². The van der Waals surface area contributed by atoms with Crippen LogP contribution in [0.5, 0.6) is 5.75 Å². The van der Waals surface area contributed by atoms with Crippen LogP contribution in [0.15, 0.2) is 48.5 Å². The number of hydrogen-bond donors (Lipinski definition) is 1. The average Bonchev–Trinajstić information content (AvgIpc) is 3.01. The fraction of sp³-hybridized carbons (Fsp3) is 0.300. The van der Waals surface area contributed by atoms with Gasteiger partial charge < -0.3 is 19.9 Å². The number of piperazine rings is 1. The molecular weight excluding hydrogens is 342 g/mol. The number of anilines is 1. The Labute approximate surface area is 157 Å². The second kappa shape index (κ2) is 7.28. The highest BCUT2D eigenvalue weighted by Crippen LogP contribution is 2.29. The topological polar surface area (TPSA) is 76.6 Å². The van der Waals surface area contributed by atoms with Crippen molar-refractivity contribution in [1.82, 2.24) is 14.5 Å². The summed E-state index contributed by atoms with van der Waals surface area (Å²) >= 11 is 0. The van der Waals surface area contributed by atoms with Crippen LogP contribution in [-0.4, -0.2) is 46.7 Å². The number of nitrogens with zero attached hydrogens (tertiary/aromatic N) is 4.